The Hall–Kier alpha value is -1.76. The zero-order valence-electron chi connectivity index (χ0n) is 10.4. The first-order valence-electron chi connectivity index (χ1n) is 5.65. The summed E-state index contributed by atoms with van der Waals surface area (Å²) in [5.74, 6) is 6.08. The highest BCUT2D eigenvalue weighted by molar-refractivity contribution is 6.31. The number of hydrazine groups is 1. The van der Waals surface area contributed by atoms with Gasteiger partial charge in [-0.1, -0.05) is 11.6 Å². The minimum absolute atomic E-state index is 0.184. The molecule has 2 aromatic heterocycles. The van der Waals surface area contributed by atoms with Crippen LogP contribution in [0.15, 0.2) is 30.9 Å². The zero-order chi connectivity index (χ0) is 13.7. The first kappa shape index (κ1) is 13.7. The van der Waals surface area contributed by atoms with Crippen LogP contribution in [0.1, 0.15) is 17.3 Å². The van der Waals surface area contributed by atoms with Gasteiger partial charge in [-0.15, -0.1) is 0 Å². The molecule has 0 aliphatic rings. The van der Waals surface area contributed by atoms with Crippen molar-refractivity contribution in [1.82, 2.24) is 20.4 Å². The Kier molecular flexibility index (Phi) is 4.62. The van der Waals surface area contributed by atoms with Gasteiger partial charge in [-0.2, -0.15) is 0 Å². The van der Waals surface area contributed by atoms with Gasteiger partial charge in [-0.3, -0.25) is 16.3 Å². The van der Waals surface area contributed by atoms with Crippen molar-refractivity contribution in [3.8, 4) is 5.88 Å². The number of nitrogens with one attached hydrogen (secondary N) is 1. The lowest BCUT2D eigenvalue weighted by molar-refractivity contribution is 0.393. The van der Waals surface area contributed by atoms with Crippen LogP contribution in [-0.2, 0) is 6.42 Å². The summed E-state index contributed by atoms with van der Waals surface area (Å²) in [6.07, 6.45) is 5.32. The van der Waals surface area contributed by atoms with Crippen molar-refractivity contribution in [3.05, 3.63) is 47.1 Å². The van der Waals surface area contributed by atoms with Gasteiger partial charge in [-0.05, 0) is 18.1 Å². The molecule has 100 valence electrons. The number of ether oxygens (including phenoxy) is 1. The Balaban J connectivity index is 2.22. The van der Waals surface area contributed by atoms with Gasteiger partial charge in [-0.25, -0.2) is 9.97 Å². The van der Waals surface area contributed by atoms with Gasteiger partial charge in [0.1, 0.15) is 6.33 Å². The average Bonchev–Trinajstić information content (AvgIpc) is 2.46. The molecule has 0 aliphatic carbocycles. The molecule has 0 bridgehead atoms. The van der Waals surface area contributed by atoms with Gasteiger partial charge in [0.2, 0.25) is 5.88 Å². The van der Waals surface area contributed by atoms with Crippen LogP contribution in [0.5, 0.6) is 5.88 Å². The molecule has 0 amide bonds. The zero-order valence-corrected chi connectivity index (χ0v) is 11.1. The van der Waals surface area contributed by atoms with Crippen molar-refractivity contribution in [1.29, 1.82) is 0 Å². The number of methoxy groups -OCH3 is 1. The first-order chi connectivity index (χ1) is 9.24. The molecular formula is C12H14ClN5O. The average molecular weight is 280 g/mol. The molecule has 3 N–H and O–H groups in total. The van der Waals surface area contributed by atoms with E-state index in [-0.39, 0.29) is 6.04 Å². The lowest BCUT2D eigenvalue weighted by atomic mass is 10.0. The number of aromatic nitrogens is 3. The maximum atomic E-state index is 6.08. The Labute approximate surface area is 116 Å². The van der Waals surface area contributed by atoms with E-state index in [1.807, 2.05) is 6.07 Å². The largest absolute Gasteiger partial charge is 0.481 e. The van der Waals surface area contributed by atoms with Gasteiger partial charge in [0.15, 0.2) is 0 Å². The van der Waals surface area contributed by atoms with Crippen molar-refractivity contribution >= 4 is 11.6 Å². The van der Waals surface area contributed by atoms with Gasteiger partial charge < -0.3 is 4.74 Å². The van der Waals surface area contributed by atoms with E-state index in [0.717, 1.165) is 11.3 Å². The number of hydrogen-bond acceptors (Lipinski definition) is 6. The van der Waals surface area contributed by atoms with Crippen molar-refractivity contribution in [2.45, 2.75) is 12.5 Å². The maximum Gasteiger partial charge on any atom is 0.216 e. The third-order valence-corrected chi connectivity index (χ3v) is 3.05. The predicted octanol–water partition coefficient (Wildman–Crippen LogP) is 1.28. The summed E-state index contributed by atoms with van der Waals surface area (Å²) in [6, 6.07) is 3.40. The summed E-state index contributed by atoms with van der Waals surface area (Å²) in [5, 5.41) is 0.601. The van der Waals surface area contributed by atoms with E-state index in [2.05, 4.69) is 20.4 Å². The Morgan fingerprint density at radius 1 is 1.47 bits per heavy atom. The number of halogens is 1. The van der Waals surface area contributed by atoms with E-state index in [9.17, 15) is 0 Å². The Bertz CT molecular complexity index is 551. The molecule has 1 unspecified atom stereocenters. The number of nitrogens with zero attached hydrogens (tertiary/aromatic N) is 3. The molecule has 6 nitrogen and oxygen atoms in total. The maximum absolute atomic E-state index is 6.08. The lowest BCUT2D eigenvalue weighted by Crippen LogP contribution is -2.30. The normalized spacial score (nSPS) is 12.2. The summed E-state index contributed by atoms with van der Waals surface area (Å²) in [6.45, 7) is 0. The molecule has 2 rings (SSSR count). The highest BCUT2D eigenvalue weighted by Gasteiger charge is 2.15. The first-order valence-corrected chi connectivity index (χ1v) is 6.03. The van der Waals surface area contributed by atoms with Gasteiger partial charge in [0, 0.05) is 18.5 Å². The molecule has 0 aromatic carbocycles. The van der Waals surface area contributed by atoms with Crippen LogP contribution in [0.2, 0.25) is 5.02 Å². The number of rotatable bonds is 5. The molecule has 0 spiro atoms. The SMILES string of the molecule is COc1cc(C(Cc2ccncc2Cl)NN)ncn1. The molecule has 2 heterocycles. The van der Waals surface area contributed by atoms with Gasteiger partial charge >= 0.3 is 0 Å². The summed E-state index contributed by atoms with van der Waals surface area (Å²) < 4.78 is 5.07. The van der Waals surface area contributed by atoms with E-state index in [1.54, 1.807) is 25.6 Å². The summed E-state index contributed by atoms with van der Waals surface area (Å²) in [4.78, 5) is 12.1. The number of pyridine rings is 1. The standard InChI is InChI=1S/C12H14ClN5O/c1-19-12-5-10(16-7-17-12)11(18-14)4-8-2-3-15-6-9(8)13/h2-3,5-7,11,18H,4,14H2,1H3. The van der Waals surface area contributed by atoms with Crippen LogP contribution in [-0.4, -0.2) is 22.1 Å². The minimum Gasteiger partial charge on any atom is -0.481 e. The fourth-order valence-corrected chi connectivity index (χ4v) is 1.89. The summed E-state index contributed by atoms with van der Waals surface area (Å²) in [7, 11) is 1.55. The van der Waals surface area contributed by atoms with Crippen LogP contribution >= 0.6 is 11.6 Å². The molecule has 0 fully saturated rings. The fourth-order valence-electron chi connectivity index (χ4n) is 1.69. The topological polar surface area (TPSA) is 86.0 Å². The van der Waals surface area contributed by atoms with E-state index in [4.69, 9.17) is 22.2 Å². The van der Waals surface area contributed by atoms with Gasteiger partial charge in [0.25, 0.3) is 0 Å². The molecule has 0 saturated carbocycles. The third kappa shape index (κ3) is 3.37. The molecule has 7 heteroatoms. The van der Waals surface area contributed by atoms with Crippen molar-refractivity contribution in [2.24, 2.45) is 5.84 Å². The number of nitrogens with two attached hydrogens (primary N) is 1. The number of hydrogen-bond donors (Lipinski definition) is 2. The van der Waals surface area contributed by atoms with E-state index < -0.39 is 0 Å². The minimum atomic E-state index is -0.184. The fraction of sp³-hybridized carbons (Fsp3) is 0.250. The van der Waals surface area contributed by atoms with Crippen LogP contribution in [0.25, 0.3) is 0 Å². The summed E-state index contributed by atoms with van der Waals surface area (Å²) in [5.41, 5.74) is 4.40. The highest BCUT2D eigenvalue weighted by atomic mass is 35.5. The summed E-state index contributed by atoms with van der Waals surface area (Å²) >= 11 is 6.08. The molecule has 1 atom stereocenters. The van der Waals surface area contributed by atoms with E-state index in [0.29, 0.717) is 17.3 Å². The molecule has 0 radical (unpaired) electrons. The monoisotopic (exact) mass is 279 g/mol. The van der Waals surface area contributed by atoms with E-state index >= 15 is 0 Å². The molecule has 19 heavy (non-hydrogen) atoms. The smallest absolute Gasteiger partial charge is 0.216 e. The molecule has 0 aliphatic heterocycles. The van der Waals surface area contributed by atoms with Crippen LogP contribution in [0.4, 0.5) is 0 Å². The quantitative estimate of drug-likeness (QED) is 0.633. The van der Waals surface area contributed by atoms with Crippen molar-refractivity contribution < 1.29 is 4.74 Å². The van der Waals surface area contributed by atoms with Crippen molar-refractivity contribution in [2.75, 3.05) is 7.11 Å². The molecule has 0 saturated heterocycles. The van der Waals surface area contributed by atoms with Crippen LogP contribution in [0.3, 0.4) is 0 Å². The second kappa shape index (κ2) is 6.42. The van der Waals surface area contributed by atoms with Gasteiger partial charge in [0.05, 0.1) is 23.9 Å². The predicted molar refractivity (Wildman–Crippen MR) is 71.6 cm³/mol. The van der Waals surface area contributed by atoms with E-state index in [1.165, 1.54) is 6.33 Å². The van der Waals surface area contributed by atoms with Crippen LogP contribution in [0, 0.1) is 0 Å². The molecule has 2 aromatic rings. The lowest BCUT2D eigenvalue weighted by Gasteiger charge is -2.16. The molecular weight excluding hydrogens is 266 g/mol. The Morgan fingerprint density at radius 3 is 3.00 bits per heavy atom. The van der Waals surface area contributed by atoms with Crippen LogP contribution < -0.4 is 16.0 Å². The Morgan fingerprint density at radius 2 is 2.32 bits per heavy atom. The third-order valence-electron chi connectivity index (χ3n) is 2.71. The highest BCUT2D eigenvalue weighted by Crippen LogP contribution is 2.22. The second-order valence-electron chi connectivity index (χ2n) is 3.88. The second-order valence-corrected chi connectivity index (χ2v) is 4.28. The van der Waals surface area contributed by atoms with Crippen molar-refractivity contribution in [3.63, 3.8) is 0 Å².